The predicted molar refractivity (Wildman–Crippen MR) is 192 cm³/mol. The highest BCUT2D eigenvalue weighted by Crippen LogP contribution is 2.34. The van der Waals surface area contributed by atoms with Gasteiger partial charge >= 0.3 is 18.2 Å². The van der Waals surface area contributed by atoms with Crippen molar-refractivity contribution in [3.05, 3.63) is 77.6 Å². The van der Waals surface area contributed by atoms with E-state index in [0.717, 1.165) is 29.5 Å². The molecule has 5 rings (SSSR count). The van der Waals surface area contributed by atoms with Gasteiger partial charge in [-0.2, -0.15) is 18.4 Å². The molecule has 0 saturated heterocycles. The van der Waals surface area contributed by atoms with Gasteiger partial charge in [0, 0.05) is 48.1 Å². The molecular formula is C36H40ClF3N8O6. The van der Waals surface area contributed by atoms with Crippen molar-refractivity contribution in [3.63, 3.8) is 0 Å². The van der Waals surface area contributed by atoms with Crippen LogP contribution in [0.25, 0.3) is 22.5 Å². The van der Waals surface area contributed by atoms with Gasteiger partial charge in [-0.05, 0) is 99.0 Å². The van der Waals surface area contributed by atoms with E-state index in [9.17, 15) is 27.6 Å². The highest BCUT2D eigenvalue weighted by molar-refractivity contribution is 6.33. The minimum atomic E-state index is -5.08. The molecule has 1 saturated carbocycles. The molecule has 0 unspecified atom stereocenters. The summed E-state index contributed by atoms with van der Waals surface area (Å²) in [4.78, 5) is 54.2. The standard InChI is InChI=1S/C34H39ClN8O4.C2HF3O2/c1-34(2,3)47-33(46)38-19-22-6-10-25(11-7-22)32(45)43(26-14-12-24(13-15-26)31-39-41-42-40-31)29(30(36)44)18-21-4-8-23(9-5-21)27-20-37-17-16-28(27)35;3-2(4,5)1(6)7/h4-5,8-9,12-17,20,22,25,29H,6-7,10-11,18-19H2,1-3H3,(H2,36,44)(H,38,46)(H,39,40,41,42);(H,6,7)/t22-,25-,29-;/m0./s1. The molecule has 14 nitrogen and oxygen atoms in total. The summed E-state index contributed by atoms with van der Waals surface area (Å²) in [6.07, 6.45) is 0.727. The van der Waals surface area contributed by atoms with Crippen molar-refractivity contribution in [2.75, 3.05) is 11.4 Å². The fourth-order valence-electron chi connectivity index (χ4n) is 5.82. The van der Waals surface area contributed by atoms with E-state index in [1.165, 1.54) is 4.90 Å². The summed E-state index contributed by atoms with van der Waals surface area (Å²) in [5.74, 6) is -3.23. The second-order valence-corrected chi connectivity index (χ2v) is 14.0. The van der Waals surface area contributed by atoms with E-state index >= 15 is 0 Å². The Kier molecular flexibility index (Phi) is 13.7. The Labute approximate surface area is 313 Å². The number of alkyl halides is 3. The smallest absolute Gasteiger partial charge is 0.475 e. The Hall–Kier alpha value is -5.58. The number of primary amides is 1. The van der Waals surface area contributed by atoms with E-state index in [-0.39, 0.29) is 24.2 Å². The molecule has 0 spiro atoms. The van der Waals surface area contributed by atoms with Crippen molar-refractivity contribution >= 4 is 41.2 Å². The zero-order chi connectivity index (χ0) is 39.6. The average Bonchev–Trinajstić information content (AvgIpc) is 3.66. The van der Waals surface area contributed by atoms with Crippen LogP contribution in [0.2, 0.25) is 5.02 Å². The van der Waals surface area contributed by atoms with Gasteiger partial charge in [0.05, 0.1) is 5.02 Å². The van der Waals surface area contributed by atoms with Crippen molar-refractivity contribution in [1.82, 2.24) is 30.9 Å². The maximum atomic E-state index is 14.3. The number of tetrazole rings is 1. The number of hydrogen-bond acceptors (Lipinski definition) is 9. The first-order valence-corrected chi connectivity index (χ1v) is 17.2. The number of alkyl carbamates (subject to hydrolysis) is 1. The van der Waals surface area contributed by atoms with Gasteiger partial charge in [0.2, 0.25) is 17.6 Å². The summed E-state index contributed by atoms with van der Waals surface area (Å²) < 4.78 is 37.1. The highest BCUT2D eigenvalue weighted by Gasteiger charge is 2.38. The number of carbonyl (C=O) groups excluding carboxylic acids is 3. The van der Waals surface area contributed by atoms with Crippen LogP contribution >= 0.6 is 11.6 Å². The number of nitrogens with one attached hydrogen (secondary N) is 2. The second kappa shape index (κ2) is 18.0. The maximum absolute atomic E-state index is 14.3. The van der Waals surface area contributed by atoms with Gasteiger partial charge in [-0.15, -0.1) is 10.2 Å². The maximum Gasteiger partial charge on any atom is 0.490 e. The normalized spacial score (nSPS) is 16.3. The molecular weight excluding hydrogens is 733 g/mol. The summed E-state index contributed by atoms with van der Waals surface area (Å²) >= 11 is 6.37. The lowest BCUT2D eigenvalue weighted by atomic mass is 9.81. The van der Waals surface area contributed by atoms with E-state index in [1.54, 1.807) is 42.7 Å². The number of carboxylic acids is 1. The first-order valence-electron chi connectivity index (χ1n) is 16.8. The summed E-state index contributed by atoms with van der Waals surface area (Å²) in [5, 5.41) is 24.7. The van der Waals surface area contributed by atoms with Crippen molar-refractivity contribution in [2.45, 2.75) is 70.7 Å². The molecule has 18 heteroatoms. The molecule has 0 radical (unpaired) electrons. The number of H-pyrrole nitrogens is 1. The van der Waals surface area contributed by atoms with E-state index in [0.29, 0.717) is 41.5 Å². The highest BCUT2D eigenvalue weighted by atomic mass is 35.5. The van der Waals surface area contributed by atoms with Crippen molar-refractivity contribution in [1.29, 1.82) is 0 Å². The van der Waals surface area contributed by atoms with Gasteiger partial charge in [-0.1, -0.05) is 35.9 Å². The fraction of sp³-hybridized carbons (Fsp3) is 0.389. The van der Waals surface area contributed by atoms with E-state index in [4.69, 9.17) is 32.0 Å². The van der Waals surface area contributed by atoms with Crippen LogP contribution in [0.3, 0.4) is 0 Å². The zero-order valence-electron chi connectivity index (χ0n) is 29.6. The van der Waals surface area contributed by atoms with Gasteiger partial charge in [-0.3, -0.25) is 19.5 Å². The molecule has 5 N–H and O–H groups in total. The van der Waals surface area contributed by atoms with Gasteiger partial charge in [0.25, 0.3) is 0 Å². The number of pyridine rings is 1. The molecule has 0 aliphatic heterocycles. The van der Waals surface area contributed by atoms with Gasteiger partial charge in [-0.25, -0.2) is 9.59 Å². The monoisotopic (exact) mass is 772 g/mol. The quantitative estimate of drug-likeness (QED) is 0.148. The first kappa shape index (κ1) is 41.2. The van der Waals surface area contributed by atoms with Crippen molar-refractivity contribution in [3.8, 4) is 22.5 Å². The zero-order valence-corrected chi connectivity index (χ0v) is 30.4. The number of amides is 3. The van der Waals surface area contributed by atoms with E-state index in [1.807, 2.05) is 45.0 Å². The second-order valence-electron chi connectivity index (χ2n) is 13.6. The number of halogens is 4. The number of benzene rings is 2. The van der Waals surface area contributed by atoms with Crippen LogP contribution in [0.4, 0.5) is 23.7 Å². The average molecular weight is 773 g/mol. The van der Waals surface area contributed by atoms with Gasteiger partial charge in [0.15, 0.2) is 0 Å². The van der Waals surface area contributed by atoms with E-state index in [2.05, 4.69) is 30.9 Å². The molecule has 2 aromatic heterocycles. The number of ether oxygens (including phenoxy) is 1. The van der Waals surface area contributed by atoms with Crippen molar-refractivity contribution in [2.24, 2.45) is 17.6 Å². The minimum Gasteiger partial charge on any atom is -0.475 e. The van der Waals surface area contributed by atoms with Crippen LogP contribution in [0.15, 0.2) is 67.0 Å². The Bertz CT molecular complexity index is 1880. The molecule has 1 atom stereocenters. The number of carboxylic acid groups (broad SMARTS) is 1. The summed E-state index contributed by atoms with van der Waals surface area (Å²) in [6, 6.07) is 15.5. The molecule has 2 aromatic carbocycles. The summed E-state index contributed by atoms with van der Waals surface area (Å²) in [6.45, 7) is 5.93. The number of aromatic nitrogens is 5. The molecule has 4 aromatic rings. The molecule has 1 aliphatic carbocycles. The third-order valence-corrected chi connectivity index (χ3v) is 8.79. The van der Waals surface area contributed by atoms with Crippen LogP contribution in [-0.4, -0.2) is 79.0 Å². The van der Waals surface area contributed by atoms with Gasteiger partial charge in [0.1, 0.15) is 11.6 Å². The molecule has 1 aliphatic rings. The number of nitrogens with zero attached hydrogens (tertiary/aromatic N) is 5. The lowest BCUT2D eigenvalue weighted by molar-refractivity contribution is -0.192. The molecule has 54 heavy (non-hydrogen) atoms. The number of aliphatic carboxylic acids is 1. The van der Waals surface area contributed by atoms with E-state index < -0.39 is 35.8 Å². The number of nitrogens with two attached hydrogens (primary N) is 1. The Morgan fingerprint density at radius 1 is 1.00 bits per heavy atom. The molecule has 3 amide bonds. The third-order valence-electron chi connectivity index (χ3n) is 8.46. The lowest BCUT2D eigenvalue weighted by Crippen LogP contribution is -2.52. The van der Waals surface area contributed by atoms with Crippen LogP contribution in [0.5, 0.6) is 0 Å². The Morgan fingerprint density at radius 2 is 1.61 bits per heavy atom. The summed E-state index contributed by atoms with van der Waals surface area (Å²) in [7, 11) is 0. The predicted octanol–water partition coefficient (Wildman–Crippen LogP) is 5.98. The minimum absolute atomic E-state index is 0.168. The van der Waals surface area contributed by atoms with Crippen LogP contribution < -0.4 is 16.0 Å². The Morgan fingerprint density at radius 3 is 2.13 bits per heavy atom. The van der Waals surface area contributed by atoms with Crippen LogP contribution in [0.1, 0.15) is 52.0 Å². The fourth-order valence-corrected chi connectivity index (χ4v) is 6.03. The third kappa shape index (κ3) is 11.7. The molecule has 1 fully saturated rings. The topological polar surface area (TPSA) is 206 Å². The SMILES string of the molecule is CC(C)(C)OC(=O)NC[C@H]1CC[C@H](C(=O)N(c2ccc(-c3nn[nH]n3)cc2)[C@@H](Cc2ccc(-c3cnccc3Cl)cc2)C(N)=O)CC1.O=C(O)C(F)(F)F. The van der Waals surface area contributed by atoms with Crippen molar-refractivity contribution < 1.29 is 42.2 Å². The number of anilines is 1. The van der Waals surface area contributed by atoms with Crippen LogP contribution in [-0.2, 0) is 25.5 Å². The largest absolute Gasteiger partial charge is 0.490 e. The summed E-state index contributed by atoms with van der Waals surface area (Å²) in [5.41, 5.74) is 9.20. The molecule has 2 heterocycles. The number of aromatic amines is 1. The molecule has 0 bridgehead atoms. The van der Waals surface area contributed by atoms with Crippen LogP contribution in [0, 0.1) is 11.8 Å². The number of rotatable bonds is 10. The van der Waals surface area contributed by atoms with Gasteiger partial charge < -0.3 is 20.9 Å². The number of hydrogen-bond donors (Lipinski definition) is 4. The first-order chi connectivity index (χ1) is 25.4. The Balaban J connectivity index is 0.000000845. The lowest BCUT2D eigenvalue weighted by Gasteiger charge is -2.36. The number of carbonyl (C=O) groups is 4. The molecule has 288 valence electrons.